The number of H-pyrrole nitrogens is 1. The first kappa shape index (κ1) is 9.71. The van der Waals surface area contributed by atoms with Gasteiger partial charge in [-0.2, -0.15) is 0 Å². The van der Waals surface area contributed by atoms with Crippen LogP contribution in [-0.2, 0) is 0 Å². The van der Waals surface area contributed by atoms with Crippen molar-refractivity contribution in [3.8, 4) is 0 Å². The fourth-order valence-electron chi connectivity index (χ4n) is 1.55. The molecule has 2 aromatic rings. The predicted molar refractivity (Wildman–Crippen MR) is 63.2 cm³/mol. The Kier molecular flexibility index (Phi) is 2.68. The van der Waals surface area contributed by atoms with Crippen LogP contribution in [0.1, 0.15) is 11.3 Å². The van der Waals surface area contributed by atoms with Gasteiger partial charge >= 0.3 is 0 Å². The molecule has 2 heterocycles. The zero-order valence-corrected chi connectivity index (χ0v) is 8.99. The number of hydrogen-bond donors (Lipinski definition) is 1. The summed E-state index contributed by atoms with van der Waals surface area (Å²) in [6, 6.07) is 10.1. The molecule has 15 heavy (non-hydrogen) atoms. The molecule has 0 unspecified atom stereocenters. The van der Waals surface area contributed by atoms with E-state index in [-0.39, 0.29) is 0 Å². The number of hydrogen-bond acceptors (Lipinski definition) is 1. The minimum atomic E-state index is 1.04. The van der Waals surface area contributed by atoms with Crippen molar-refractivity contribution >= 4 is 10.9 Å². The van der Waals surface area contributed by atoms with E-state index in [1.165, 1.54) is 10.9 Å². The lowest BCUT2D eigenvalue weighted by molar-refractivity contribution is 1.18. The molecule has 2 aromatic heterocycles. The highest BCUT2D eigenvalue weighted by molar-refractivity contribution is 5.81. The minimum absolute atomic E-state index is 1.04. The van der Waals surface area contributed by atoms with Crippen LogP contribution in [-0.4, -0.2) is 9.97 Å². The number of aryl methyl sites for hydroxylation is 2. The van der Waals surface area contributed by atoms with Crippen molar-refractivity contribution in [2.24, 2.45) is 0 Å². The fourth-order valence-corrected chi connectivity index (χ4v) is 1.55. The second-order valence-electron chi connectivity index (χ2n) is 3.54. The lowest BCUT2D eigenvalue weighted by Crippen LogP contribution is -1.82. The van der Waals surface area contributed by atoms with Gasteiger partial charge in [0.25, 0.3) is 0 Å². The van der Waals surface area contributed by atoms with E-state index in [1.54, 1.807) is 0 Å². The zero-order valence-electron chi connectivity index (χ0n) is 8.99. The van der Waals surface area contributed by atoms with Crippen molar-refractivity contribution in [2.75, 3.05) is 0 Å². The molecule has 0 fully saturated rings. The molecule has 0 spiro atoms. The van der Waals surface area contributed by atoms with Crippen molar-refractivity contribution < 1.29 is 0 Å². The van der Waals surface area contributed by atoms with Crippen molar-refractivity contribution in [1.29, 1.82) is 0 Å². The normalized spacial score (nSPS) is 10.0. The molecule has 0 amide bonds. The number of fused-ring (bicyclic) bond motifs is 1. The average molecular weight is 198 g/mol. The molecule has 0 saturated heterocycles. The number of nitrogens with one attached hydrogen (secondary N) is 1. The molecule has 0 atom stereocenters. The third-order valence-corrected chi connectivity index (χ3v) is 2.55. The van der Waals surface area contributed by atoms with Crippen molar-refractivity contribution in [2.45, 2.75) is 13.8 Å². The average Bonchev–Trinajstić information content (AvgIpc) is 2.69. The lowest BCUT2D eigenvalue weighted by Gasteiger charge is -1.95. The number of aromatic nitrogens is 2. The quantitative estimate of drug-likeness (QED) is 0.691. The number of nitrogens with zero attached hydrogens (tertiary/aromatic N) is 1. The molecule has 0 saturated carbocycles. The summed E-state index contributed by atoms with van der Waals surface area (Å²) in [6.45, 7) is 4.11. The third kappa shape index (κ3) is 1.99. The molecule has 0 aliphatic carbocycles. The van der Waals surface area contributed by atoms with E-state index >= 15 is 0 Å². The van der Waals surface area contributed by atoms with Gasteiger partial charge in [-0.1, -0.05) is 18.2 Å². The van der Waals surface area contributed by atoms with Crippen molar-refractivity contribution in [3.05, 3.63) is 54.0 Å². The first-order valence-corrected chi connectivity index (χ1v) is 5.01. The van der Waals surface area contributed by atoms with Gasteiger partial charge in [0, 0.05) is 18.1 Å². The highest BCUT2D eigenvalue weighted by Gasteiger charge is 1.96. The van der Waals surface area contributed by atoms with Gasteiger partial charge < -0.3 is 4.98 Å². The van der Waals surface area contributed by atoms with E-state index in [9.17, 15) is 0 Å². The molecular weight excluding hydrogens is 184 g/mol. The van der Waals surface area contributed by atoms with Crippen LogP contribution >= 0.6 is 0 Å². The molecule has 0 aromatic carbocycles. The first-order valence-electron chi connectivity index (χ1n) is 5.01. The molecule has 0 aliphatic heterocycles. The smallest absolute Gasteiger partial charge is 0.0501 e. The van der Waals surface area contributed by atoms with Crippen LogP contribution < -0.4 is 0 Å². The van der Waals surface area contributed by atoms with E-state index in [2.05, 4.69) is 29.0 Å². The van der Waals surface area contributed by atoms with E-state index in [0.29, 0.717) is 0 Å². The van der Waals surface area contributed by atoms with Crippen LogP contribution in [0.3, 0.4) is 0 Å². The monoisotopic (exact) mass is 198 g/mol. The second kappa shape index (κ2) is 4.13. The fraction of sp³-hybridized carbons (Fsp3) is 0.154. The molecular formula is C13H14N2. The summed E-state index contributed by atoms with van der Waals surface area (Å²) >= 11 is 0. The van der Waals surface area contributed by atoms with Gasteiger partial charge in [-0.15, -0.1) is 0 Å². The van der Waals surface area contributed by atoms with Gasteiger partial charge in [0.05, 0.1) is 5.52 Å². The minimum Gasteiger partial charge on any atom is -0.361 e. The molecule has 2 nitrogen and oxygen atoms in total. The van der Waals surface area contributed by atoms with Gasteiger partial charge in [-0.05, 0) is 36.9 Å². The topological polar surface area (TPSA) is 28.7 Å². The lowest BCUT2D eigenvalue weighted by atomic mass is 10.2. The maximum atomic E-state index is 4.36. The molecule has 0 aliphatic rings. The van der Waals surface area contributed by atoms with Crippen LogP contribution in [0.15, 0.2) is 42.7 Å². The Morgan fingerprint density at radius 1 is 1.07 bits per heavy atom. The Labute approximate surface area is 89.3 Å². The Balaban J connectivity index is 2.90. The number of rotatable bonds is 0. The maximum absolute atomic E-state index is 4.36. The number of aromatic amines is 1. The zero-order chi connectivity index (χ0) is 10.7. The second-order valence-corrected chi connectivity index (χ2v) is 3.54. The van der Waals surface area contributed by atoms with Crippen molar-refractivity contribution in [1.82, 2.24) is 9.97 Å². The van der Waals surface area contributed by atoms with Gasteiger partial charge in [0.2, 0.25) is 0 Å². The summed E-state index contributed by atoms with van der Waals surface area (Å²) in [7, 11) is 0. The summed E-state index contributed by atoms with van der Waals surface area (Å²) in [5.74, 6) is 0. The summed E-state index contributed by atoms with van der Waals surface area (Å²) in [6.07, 6.45) is 3.77. The first-order chi connectivity index (χ1) is 7.29. The van der Waals surface area contributed by atoms with E-state index in [1.807, 2.05) is 37.5 Å². The third-order valence-electron chi connectivity index (χ3n) is 2.55. The summed E-state index contributed by atoms with van der Waals surface area (Å²) in [5, 5.41) is 1.20. The molecule has 0 bridgehead atoms. The summed E-state index contributed by atoms with van der Waals surface area (Å²) < 4.78 is 0. The summed E-state index contributed by atoms with van der Waals surface area (Å²) in [5.41, 5.74) is 3.38. The molecule has 2 rings (SSSR count). The molecule has 0 radical (unpaired) electrons. The predicted octanol–water partition coefficient (Wildman–Crippen LogP) is 3.30. The van der Waals surface area contributed by atoms with Crippen LogP contribution in [0.2, 0.25) is 0 Å². The van der Waals surface area contributed by atoms with Crippen LogP contribution in [0.25, 0.3) is 10.9 Å². The van der Waals surface area contributed by atoms with Gasteiger partial charge in [-0.3, -0.25) is 4.98 Å². The Bertz CT molecular complexity index is 525. The highest BCUT2D eigenvalue weighted by atomic mass is 14.7. The van der Waals surface area contributed by atoms with E-state index in [0.717, 1.165) is 11.2 Å². The van der Waals surface area contributed by atoms with Gasteiger partial charge in [0.1, 0.15) is 0 Å². The highest BCUT2D eigenvalue weighted by Crippen LogP contribution is 2.14. The van der Waals surface area contributed by atoms with Crippen LogP contribution in [0.5, 0.6) is 0 Å². The molecule has 76 valence electrons. The molecule has 1 N–H and O–H groups in total. The van der Waals surface area contributed by atoms with Crippen LogP contribution in [0.4, 0.5) is 0 Å². The van der Waals surface area contributed by atoms with E-state index in [4.69, 9.17) is 0 Å². The van der Waals surface area contributed by atoms with Crippen molar-refractivity contribution in [3.63, 3.8) is 0 Å². The van der Waals surface area contributed by atoms with E-state index < -0.39 is 0 Å². The van der Waals surface area contributed by atoms with Gasteiger partial charge in [-0.25, -0.2) is 0 Å². The van der Waals surface area contributed by atoms with Gasteiger partial charge in [0.15, 0.2) is 0 Å². The summed E-state index contributed by atoms with van der Waals surface area (Å²) in [4.78, 5) is 7.61. The SMILES string of the molecule is Cc1ncccccc2cc[nH]c2c1C. The Hall–Kier alpha value is -1.83. The Morgan fingerprint density at radius 3 is 2.80 bits per heavy atom. The maximum Gasteiger partial charge on any atom is 0.0501 e. The molecule has 2 heteroatoms. The largest absolute Gasteiger partial charge is 0.361 e. The standard InChI is InChI=1S/C13H14N2/c1-10-11(2)14-8-5-3-4-6-12-7-9-15-13(10)12/h3-9,15H,1-2H3. The van der Waals surface area contributed by atoms with Crippen LogP contribution in [0, 0.1) is 13.8 Å². The Morgan fingerprint density at radius 2 is 1.93 bits per heavy atom.